The molecule has 192 valence electrons. The van der Waals surface area contributed by atoms with Crippen LogP contribution in [0.3, 0.4) is 0 Å². The van der Waals surface area contributed by atoms with Crippen molar-refractivity contribution in [2.75, 3.05) is 42.3 Å². The fourth-order valence-corrected chi connectivity index (χ4v) is 6.91. The van der Waals surface area contributed by atoms with Crippen molar-refractivity contribution in [3.8, 4) is 0 Å². The van der Waals surface area contributed by atoms with Crippen LogP contribution in [0.15, 0.2) is 35.6 Å². The second-order valence-corrected chi connectivity index (χ2v) is 12.0. The van der Waals surface area contributed by atoms with Gasteiger partial charge >= 0.3 is 0 Å². The Morgan fingerprint density at radius 1 is 1.16 bits per heavy atom. The maximum atomic E-state index is 12.6. The number of benzene rings is 1. The van der Waals surface area contributed by atoms with E-state index in [-0.39, 0.29) is 17.3 Å². The number of morpholine rings is 1. The molecule has 2 aliphatic heterocycles. The Morgan fingerprint density at radius 3 is 2.73 bits per heavy atom. The highest BCUT2D eigenvalue weighted by Gasteiger charge is 2.33. The molecule has 1 aromatic carbocycles. The lowest BCUT2D eigenvalue weighted by molar-refractivity contribution is -0.113. The zero-order chi connectivity index (χ0) is 25.6. The number of nitrogens with one attached hydrogen (secondary N) is 1. The zero-order valence-electron chi connectivity index (χ0n) is 21.2. The van der Waals surface area contributed by atoms with Crippen LogP contribution in [0.25, 0.3) is 20.4 Å². The number of aromatic nitrogens is 3. The molecule has 37 heavy (non-hydrogen) atoms. The van der Waals surface area contributed by atoms with Crippen LogP contribution in [0.1, 0.15) is 30.5 Å². The molecular formula is C27H29N5O3S2. The van der Waals surface area contributed by atoms with Gasteiger partial charge in [-0.05, 0) is 38.5 Å². The van der Waals surface area contributed by atoms with Gasteiger partial charge in [0.25, 0.3) is 0 Å². The van der Waals surface area contributed by atoms with Crippen LogP contribution in [0.4, 0.5) is 11.5 Å². The summed E-state index contributed by atoms with van der Waals surface area (Å²) in [6.07, 6.45) is 2.39. The van der Waals surface area contributed by atoms with Crippen molar-refractivity contribution in [1.29, 1.82) is 0 Å². The highest BCUT2D eigenvalue weighted by molar-refractivity contribution is 8.00. The first-order chi connectivity index (χ1) is 17.9. The fraction of sp³-hybridized carbons (Fsp3) is 0.407. The summed E-state index contributed by atoms with van der Waals surface area (Å²) in [5.41, 5.74) is 5.01. The van der Waals surface area contributed by atoms with Gasteiger partial charge in [-0.25, -0.2) is 15.0 Å². The number of carbonyl (C=O) groups is 1. The summed E-state index contributed by atoms with van der Waals surface area (Å²) in [5.74, 6) is 1.19. The molecule has 1 amide bonds. The molecule has 0 saturated carbocycles. The third-order valence-electron chi connectivity index (χ3n) is 6.76. The van der Waals surface area contributed by atoms with E-state index >= 15 is 0 Å². The molecule has 3 aromatic heterocycles. The van der Waals surface area contributed by atoms with Crippen molar-refractivity contribution in [3.05, 3.63) is 47.3 Å². The van der Waals surface area contributed by atoms with Gasteiger partial charge in [-0.1, -0.05) is 29.5 Å². The molecule has 0 spiro atoms. The number of ether oxygens (including phenoxy) is 2. The van der Waals surface area contributed by atoms with Gasteiger partial charge in [-0.2, -0.15) is 0 Å². The van der Waals surface area contributed by atoms with Crippen molar-refractivity contribution in [3.63, 3.8) is 0 Å². The highest BCUT2D eigenvalue weighted by Crippen LogP contribution is 2.44. The smallest absolute Gasteiger partial charge is 0.234 e. The molecule has 2 aliphatic rings. The average molecular weight is 536 g/mol. The number of amides is 1. The molecule has 1 N–H and O–H groups in total. The number of nitrogens with zero attached hydrogens (tertiary/aromatic N) is 4. The first kappa shape index (κ1) is 24.5. The maximum Gasteiger partial charge on any atom is 0.234 e. The molecule has 6 rings (SSSR count). The topological polar surface area (TPSA) is 89.5 Å². The number of thioether (sulfide) groups is 1. The molecule has 0 aliphatic carbocycles. The Labute approximate surface area is 223 Å². The van der Waals surface area contributed by atoms with Crippen LogP contribution in [0.5, 0.6) is 0 Å². The number of aryl methyl sites for hydroxylation is 1. The van der Waals surface area contributed by atoms with E-state index in [0.29, 0.717) is 19.8 Å². The summed E-state index contributed by atoms with van der Waals surface area (Å²) < 4.78 is 12.8. The largest absolute Gasteiger partial charge is 0.378 e. The van der Waals surface area contributed by atoms with Crippen molar-refractivity contribution in [1.82, 2.24) is 15.0 Å². The lowest BCUT2D eigenvalue weighted by Gasteiger charge is -2.36. The second-order valence-electron chi connectivity index (χ2n) is 10.1. The molecule has 0 atom stereocenters. The molecular weight excluding hydrogens is 506 g/mol. The number of fused-ring (bicyclic) bond motifs is 5. The summed E-state index contributed by atoms with van der Waals surface area (Å²) >= 11 is 3.04. The molecule has 4 aromatic rings. The summed E-state index contributed by atoms with van der Waals surface area (Å²) in [6.45, 7) is 9.85. The van der Waals surface area contributed by atoms with Gasteiger partial charge in [-0.3, -0.25) is 4.79 Å². The van der Waals surface area contributed by atoms with Gasteiger partial charge in [0.2, 0.25) is 5.91 Å². The van der Waals surface area contributed by atoms with E-state index in [2.05, 4.69) is 29.0 Å². The normalized spacial score (nSPS) is 17.2. The van der Waals surface area contributed by atoms with Gasteiger partial charge in [0.1, 0.15) is 22.0 Å². The minimum absolute atomic E-state index is 0.0641. The minimum atomic E-state index is -0.267. The van der Waals surface area contributed by atoms with Crippen molar-refractivity contribution < 1.29 is 14.3 Å². The zero-order valence-corrected chi connectivity index (χ0v) is 22.8. The summed E-state index contributed by atoms with van der Waals surface area (Å²) in [4.78, 5) is 30.3. The number of pyridine rings is 1. The molecule has 1 fully saturated rings. The molecule has 0 bridgehead atoms. The summed E-state index contributed by atoms with van der Waals surface area (Å²) in [7, 11) is 0. The highest BCUT2D eigenvalue weighted by atomic mass is 32.2. The number of thiophene rings is 1. The van der Waals surface area contributed by atoms with Gasteiger partial charge < -0.3 is 19.7 Å². The first-order valence-corrected chi connectivity index (χ1v) is 14.2. The number of hydrogen-bond acceptors (Lipinski definition) is 9. The van der Waals surface area contributed by atoms with E-state index in [4.69, 9.17) is 19.4 Å². The Morgan fingerprint density at radius 2 is 1.95 bits per heavy atom. The fourth-order valence-electron chi connectivity index (χ4n) is 4.88. The number of hydrogen-bond donors (Lipinski definition) is 1. The second kappa shape index (κ2) is 9.83. The number of anilines is 2. The number of rotatable bonds is 5. The Hall–Kier alpha value is -2.79. The van der Waals surface area contributed by atoms with Gasteiger partial charge in [0.05, 0.1) is 41.4 Å². The van der Waals surface area contributed by atoms with Crippen molar-refractivity contribution >= 4 is 60.9 Å². The van der Waals surface area contributed by atoms with Crippen LogP contribution in [-0.2, 0) is 27.3 Å². The van der Waals surface area contributed by atoms with Crippen LogP contribution in [0, 0.1) is 6.92 Å². The van der Waals surface area contributed by atoms with E-state index in [1.807, 2.05) is 31.2 Å². The molecule has 1 saturated heterocycles. The third-order valence-corrected chi connectivity index (χ3v) is 8.96. The van der Waals surface area contributed by atoms with E-state index in [1.165, 1.54) is 17.3 Å². The van der Waals surface area contributed by atoms with Gasteiger partial charge in [0.15, 0.2) is 0 Å². The molecule has 0 radical (unpaired) electrons. The predicted octanol–water partition coefficient (Wildman–Crippen LogP) is 4.97. The van der Waals surface area contributed by atoms with Crippen LogP contribution < -0.4 is 10.2 Å². The monoisotopic (exact) mass is 535 g/mol. The Bertz CT molecular complexity index is 1480. The number of carbonyl (C=O) groups excluding carboxylic acids is 1. The molecule has 8 nitrogen and oxygen atoms in total. The Balaban J connectivity index is 1.36. The van der Waals surface area contributed by atoms with Crippen LogP contribution >= 0.6 is 23.1 Å². The predicted molar refractivity (Wildman–Crippen MR) is 149 cm³/mol. The van der Waals surface area contributed by atoms with Gasteiger partial charge in [0, 0.05) is 36.1 Å². The third kappa shape index (κ3) is 4.90. The molecule has 10 heteroatoms. The maximum absolute atomic E-state index is 12.6. The van der Waals surface area contributed by atoms with E-state index in [0.717, 1.165) is 67.6 Å². The molecule has 0 unspecified atom stereocenters. The molecule has 5 heterocycles. The quantitative estimate of drug-likeness (QED) is 0.283. The lowest BCUT2D eigenvalue weighted by atomic mass is 9.90. The minimum Gasteiger partial charge on any atom is -0.378 e. The standard InChI is InChI=1S/C27H29N5O3S2/c1-16-4-6-17(7-5-16)30-20(33)14-36-26-23-22(28-15-29-26)21-18-12-27(2,3)35-13-19(18)24(31-25(21)37-23)32-8-10-34-11-9-32/h4-7,15H,8-14H2,1-3H3,(H,30,33). The first-order valence-electron chi connectivity index (χ1n) is 12.4. The van der Waals surface area contributed by atoms with E-state index < -0.39 is 0 Å². The SMILES string of the molecule is Cc1ccc(NC(=O)CSc2ncnc3c2sc2nc(N4CCOCC4)c4c(c23)CC(C)(C)OC4)cc1. The average Bonchev–Trinajstić information content (AvgIpc) is 3.28. The summed E-state index contributed by atoms with van der Waals surface area (Å²) in [5, 5.41) is 4.87. The van der Waals surface area contributed by atoms with E-state index in [1.54, 1.807) is 17.7 Å². The Kier molecular flexibility index (Phi) is 6.52. The summed E-state index contributed by atoms with van der Waals surface area (Å²) in [6, 6.07) is 7.80. The van der Waals surface area contributed by atoms with Crippen LogP contribution in [-0.4, -0.2) is 58.5 Å². The lowest BCUT2D eigenvalue weighted by Crippen LogP contribution is -2.39. The van der Waals surface area contributed by atoms with Crippen LogP contribution in [0.2, 0.25) is 0 Å². The van der Waals surface area contributed by atoms with E-state index in [9.17, 15) is 4.79 Å². The van der Waals surface area contributed by atoms with Gasteiger partial charge in [-0.15, -0.1) is 11.3 Å². The van der Waals surface area contributed by atoms with Crippen molar-refractivity contribution in [2.24, 2.45) is 0 Å². The van der Waals surface area contributed by atoms with Crippen molar-refractivity contribution in [2.45, 2.75) is 44.4 Å².